The second-order valence-electron chi connectivity index (χ2n) is 1.90. The summed E-state index contributed by atoms with van der Waals surface area (Å²) in [4.78, 5) is 3.88. The molecule has 1 aliphatic heterocycles. The number of hydrogen-bond acceptors (Lipinski definition) is 2. The molecule has 2 nitrogen and oxygen atoms in total. The average molecular weight is 135 g/mol. The Balaban J connectivity index is 2.73. The quantitative estimate of drug-likeness (QED) is 0.573. The molecule has 1 N–H and O–H groups in total. The van der Waals surface area contributed by atoms with Gasteiger partial charge in [-0.1, -0.05) is 12.2 Å². The summed E-state index contributed by atoms with van der Waals surface area (Å²) in [5.74, 6) is 0. The molecule has 0 aromatic heterocycles. The zero-order valence-electron chi connectivity index (χ0n) is 5.57. The van der Waals surface area contributed by atoms with Gasteiger partial charge in [0.15, 0.2) is 0 Å². The van der Waals surface area contributed by atoms with E-state index in [9.17, 15) is 0 Å². The Morgan fingerprint density at radius 3 is 3.10 bits per heavy atom. The molecule has 1 rings (SSSR count). The van der Waals surface area contributed by atoms with Crippen LogP contribution in [0.15, 0.2) is 41.1 Å². The molecule has 0 radical (unpaired) electrons. The van der Waals surface area contributed by atoms with Gasteiger partial charge in [-0.25, -0.2) is 0 Å². The molecule has 0 amide bonds. The highest BCUT2D eigenvalue weighted by Gasteiger charge is 1.85. The Labute approximate surface area is 59.9 Å². The van der Waals surface area contributed by atoms with E-state index in [4.69, 9.17) is 5.11 Å². The zero-order valence-corrected chi connectivity index (χ0v) is 5.57. The number of aliphatic hydroxyl groups is 1. The number of aliphatic hydroxyl groups excluding tert-OH is 1. The number of nitrogens with zero attached hydrogens (tertiary/aromatic N) is 1. The number of aliphatic imine (C=N–C) groups is 1. The number of hydrogen-bond donors (Lipinski definition) is 1. The van der Waals surface area contributed by atoms with E-state index in [2.05, 4.69) is 4.99 Å². The maximum atomic E-state index is 8.71. The van der Waals surface area contributed by atoms with Crippen LogP contribution < -0.4 is 0 Å². The van der Waals surface area contributed by atoms with Crippen LogP contribution in [0.1, 0.15) is 0 Å². The molecular formula is C8H9NO. The van der Waals surface area contributed by atoms with E-state index in [1.54, 1.807) is 24.6 Å². The smallest absolute Gasteiger partial charge is 0.0681 e. The normalized spacial score (nSPS) is 16.3. The molecule has 2 heteroatoms. The standard InChI is InChI=1S/C8H9NO/c10-7-8-3-1-5-9-6-2-4-8/h1-6,10H,7H2. The first-order valence-corrected chi connectivity index (χ1v) is 3.10. The first-order chi connectivity index (χ1) is 4.93. The highest BCUT2D eigenvalue weighted by Crippen LogP contribution is 1.97. The Hall–Kier alpha value is -1.15. The Morgan fingerprint density at radius 2 is 2.30 bits per heavy atom. The summed E-state index contributed by atoms with van der Waals surface area (Å²) in [6.45, 7) is 0.0781. The maximum absolute atomic E-state index is 8.71. The predicted octanol–water partition coefficient (Wildman–Crippen LogP) is 1.06. The van der Waals surface area contributed by atoms with Crippen molar-refractivity contribution in [2.75, 3.05) is 6.61 Å². The van der Waals surface area contributed by atoms with Crippen LogP contribution in [0.25, 0.3) is 0 Å². The lowest BCUT2D eigenvalue weighted by atomic mass is 10.2. The third-order valence-electron chi connectivity index (χ3n) is 1.15. The van der Waals surface area contributed by atoms with Crippen LogP contribution in [-0.4, -0.2) is 17.9 Å². The van der Waals surface area contributed by atoms with Crippen molar-refractivity contribution in [2.45, 2.75) is 0 Å². The molecule has 0 aromatic rings. The summed E-state index contributed by atoms with van der Waals surface area (Å²) in [5.41, 5.74) is 0.891. The third kappa shape index (κ3) is 1.99. The van der Waals surface area contributed by atoms with Gasteiger partial charge < -0.3 is 5.11 Å². The van der Waals surface area contributed by atoms with Crippen molar-refractivity contribution in [3.63, 3.8) is 0 Å². The lowest BCUT2D eigenvalue weighted by Gasteiger charge is -1.92. The highest BCUT2D eigenvalue weighted by atomic mass is 16.3. The molecule has 0 spiro atoms. The molecule has 1 heterocycles. The van der Waals surface area contributed by atoms with E-state index in [-0.39, 0.29) is 6.61 Å². The molecule has 0 saturated carbocycles. The second kappa shape index (κ2) is 3.80. The van der Waals surface area contributed by atoms with Gasteiger partial charge >= 0.3 is 0 Å². The van der Waals surface area contributed by atoms with Gasteiger partial charge in [-0.2, -0.15) is 0 Å². The van der Waals surface area contributed by atoms with Crippen molar-refractivity contribution in [1.29, 1.82) is 0 Å². The van der Waals surface area contributed by atoms with E-state index in [0.717, 1.165) is 5.57 Å². The summed E-state index contributed by atoms with van der Waals surface area (Å²) in [6.07, 6.45) is 10.6. The van der Waals surface area contributed by atoms with Gasteiger partial charge in [-0.3, -0.25) is 4.99 Å². The lowest BCUT2D eigenvalue weighted by Crippen LogP contribution is -1.85. The highest BCUT2D eigenvalue weighted by molar-refractivity contribution is 5.72. The summed E-state index contributed by atoms with van der Waals surface area (Å²) < 4.78 is 0. The van der Waals surface area contributed by atoms with Gasteiger partial charge in [-0.15, -0.1) is 0 Å². The minimum atomic E-state index is 0.0781. The fourth-order valence-corrected chi connectivity index (χ4v) is 0.643. The fourth-order valence-electron chi connectivity index (χ4n) is 0.643. The molecule has 0 fully saturated rings. The van der Waals surface area contributed by atoms with Gasteiger partial charge in [0.2, 0.25) is 0 Å². The van der Waals surface area contributed by atoms with Crippen molar-refractivity contribution in [3.8, 4) is 0 Å². The predicted molar refractivity (Wildman–Crippen MR) is 41.9 cm³/mol. The number of allylic oxidation sites excluding steroid dienone is 3. The topological polar surface area (TPSA) is 32.6 Å². The van der Waals surface area contributed by atoms with E-state index >= 15 is 0 Å². The van der Waals surface area contributed by atoms with Crippen molar-refractivity contribution in [2.24, 2.45) is 4.99 Å². The van der Waals surface area contributed by atoms with Gasteiger partial charge in [0.1, 0.15) is 0 Å². The molecule has 10 heavy (non-hydrogen) atoms. The molecule has 0 aromatic carbocycles. The third-order valence-corrected chi connectivity index (χ3v) is 1.15. The minimum Gasteiger partial charge on any atom is -0.392 e. The molecule has 0 unspecified atom stereocenters. The van der Waals surface area contributed by atoms with Crippen LogP contribution in [0.3, 0.4) is 0 Å². The Kier molecular flexibility index (Phi) is 2.64. The molecule has 0 saturated heterocycles. The van der Waals surface area contributed by atoms with Crippen LogP contribution in [0.5, 0.6) is 0 Å². The first kappa shape index (κ1) is 6.96. The Morgan fingerprint density at radius 1 is 1.40 bits per heavy atom. The van der Waals surface area contributed by atoms with Crippen molar-refractivity contribution in [1.82, 2.24) is 0 Å². The summed E-state index contributed by atoms with van der Waals surface area (Å²) in [7, 11) is 0. The molecule has 0 aliphatic carbocycles. The first-order valence-electron chi connectivity index (χ1n) is 3.10. The average Bonchev–Trinajstić information content (AvgIpc) is 1.87. The summed E-state index contributed by atoms with van der Waals surface area (Å²) in [5, 5.41) is 8.71. The fraction of sp³-hybridized carbons (Fsp3) is 0.125. The molecule has 52 valence electrons. The zero-order chi connectivity index (χ0) is 7.23. The summed E-state index contributed by atoms with van der Waals surface area (Å²) >= 11 is 0. The van der Waals surface area contributed by atoms with E-state index in [0.29, 0.717) is 0 Å². The van der Waals surface area contributed by atoms with Crippen LogP contribution >= 0.6 is 0 Å². The van der Waals surface area contributed by atoms with Crippen LogP contribution in [0, 0.1) is 0 Å². The molecule has 0 atom stereocenters. The molecular weight excluding hydrogens is 126 g/mol. The minimum absolute atomic E-state index is 0.0781. The second-order valence-corrected chi connectivity index (χ2v) is 1.90. The van der Waals surface area contributed by atoms with Crippen LogP contribution in [0.4, 0.5) is 0 Å². The molecule has 0 bridgehead atoms. The Bertz CT molecular complexity index is 211. The van der Waals surface area contributed by atoms with E-state index in [1.165, 1.54) is 0 Å². The molecule has 1 aliphatic rings. The maximum Gasteiger partial charge on any atom is 0.0681 e. The largest absolute Gasteiger partial charge is 0.392 e. The van der Waals surface area contributed by atoms with Crippen LogP contribution in [-0.2, 0) is 0 Å². The van der Waals surface area contributed by atoms with Crippen molar-refractivity contribution < 1.29 is 5.11 Å². The van der Waals surface area contributed by atoms with Gasteiger partial charge in [0.05, 0.1) is 6.61 Å². The van der Waals surface area contributed by atoms with Gasteiger partial charge in [0.25, 0.3) is 0 Å². The monoisotopic (exact) mass is 135 g/mol. The van der Waals surface area contributed by atoms with Gasteiger partial charge in [-0.05, 0) is 17.7 Å². The lowest BCUT2D eigenvalue weighted by molar-refractivity contribution is 0.335. The number of rotatable bonds is 1. The van der Waals surface area contributed by atoms with Crippen molar-refractivity contribution >= 4 is 6.21 Å². The summed E-state index contributed by atoms with van der Waals surface area (Å²) in [6, 6.07) is 0. The van der Waals surface area contributed by atoms with Gasteiger partial charge in [0, 0.05) is 12.4 Å². The van der Waals surface area contributed by atoms with E-state index < -0.39 is 0 Å². The SMILES string of the molecule is OCC1=CC=CN=CC=C1. The van der Waals surface area contributed by atoms with Crippen LogP contribution in [0.2, 0.25) is 0 Å². The van der Waals surface area contributed by atoms with Crippen molar-refractivity contribution in [3.05, 3.63) is 36.1 Å². The van der Waals surface area contributed by atoms with E-state index in [1.807, 2.05) is 12.2 Å².